The third-order valence-corrected chi connectivity index (χ3v) is 10.1. The molecule has 70 heavy (non-hydrogen) atoms. The standard InChI is InChI=1S/C29H38N8O2.C23H29N7O/c1-6-17-31-27-24(21-33-29(35-27)34-25-15-13-23(20-30)14-16-25)11-8-7-9-18-32-28(39)22(2)37(5)26(38)12-10-19-36(3)4;1-4-13-26-21-19(8-6-5-7-14-27-22(31)17(2)25-3)16-28-23(30-21)29-20-11-9-18(15-24)10-12-20/h10,12-16,21-22H,6-7,9,17-19H2,1-5H3,(H,32,39)(H2,31,33,34,35);9-12,16-17,25H,4-5,7,13-14H2,1-3H3,(H,27,31)(H2,26,28,29,30)/b12-10+;/t22-;17-/m11/s1. The number of amides is 3. The number of carbonyl (C=O) groups excluding carboxylic acids is 3. The Hall–Kier alpha value is -8.03. The highest BCUT2D eigenvalue weighted by Gasteiger charge is 2.20. The van der Waals surface area contributed by atoms with Crippen LogP contribution < -0.4 is 37.2 Å². The molecule has 368 valence electrons. The van der Waals surface area contributed by atoms with Gasteiger partial charge in [0.05, 0.1) is 52.8 Å². The summed E-state index contributed by atoms with van der Waals surface area (Å²) in [6, 6.07) is 17.6. The summed E-state index contributed by atoms with van der Waals surface area (Å²) >= 11 is 0. The Morgan fingerprint density at radius 1 is 0.686 bits per heavy atom. The van der Waals surface area contributed by atoms with E-state index in [1.807, 2.05) is 38.1 Å². The van der Waals surface area contributed by atoms with E-state index in [2.05, 4.69) is 107 Å². The van der Waals surface area contributed by atoms with Gasteiger partial charge in [-0.05, 0) is 109 Å². The Labute approximate surface area is 413 Å². The predicted molar refractivity (Wildman–Crippen MR) is 277 cm³/mol. The van der Waals surface area contributed by atoms with E-state index >= 15 is 0 Å². The van der Waals surface area contributed by atoms with Gasteiger partial charge < -0.3 is 47.0 Å². The van der Waals surface area contributed by atoms with Crippen molar-refractivity contribution in [1.82, 2.24) is 45.7 Å². The third-order valence-electron chi connectivity index (χ3n) is 10.1. The van der Waals surface area contributed by atoms with E-state index in [1.165, 1.54) is 11.0 Å². The maximum Gasteiger partial charge on any atom is 0.246 e. The fourth-order valence-electron chi connectivity index (χ4n) is 5.71. The molecule has 18 nitrogen and oxygen atoms in total. The zero-order chi connectivity index (χ0) is 51.1. The van der Waals surface area contributed by atoms with Crippen molar-refractivity contribution in [3.63, 3.8) is 0 Å². The number of carbonyl (C=O) groups is 3. The summed E-state index contributed by atoms with van der Waals surface area (Å²) in [6.07, 6.45) is 11.2. The van der Waals surface area contributed by atoms with Crippen LogP contribution in [0.25, 0.3) is 0 Å². The minimum atomic E-state index is -0.576. The molecule has 4 aromatic rings. The first-order valence-electron chi connectivity index (χ1n) is 23.4. The Morgan fingerprint density at radius 3 is 1.56 bits per heavy atom. The number of hydrogen-bond donors (Lipinski definition) is 7. The summed E-state index contributed by atoms with van der Waals surface area (Å²) in [7, 11) is 7.22. The van der Waals surface area contributed by atoms with E-state index in [9.17, 15) is 14.4 Å². The molecule has 4 rings (SSSR count). The van der Waals surface area contributed by atoms with Crippen molar-refractivity contribution in [1.29, 1.82) is 10.5 Å². The van der Waals surface area contributed by atoms with E-state index in [0.717, 1.165) is 49.3 Å². The van der Waals surface area contributed by atoms with Gasteiger partial charge in [0.25, 0.3) is 0 Å². The van der Waals surface area contributed by atoms with Crippen molar-refractivity contribution >= 4 is 52.6 Å². The number of likely N-dealkylation sites (N-methyl/N-ethyl adjacent to an activating group) is 3. The average Bonchev–Trinajstić information content (AvgIpc) is 3.37. The Kier molecular flexibility index (Phi) is 25.6. The molecule has 2 aromatic heterocycles. The number of nitrogens with zero attached hydrogens (tertiary/aromatic N) is 8. The number of benzene rings is 2. The number of hydrogen-bond acceptors (Lipinski definition) is 15. The Bertz CT molecular complexity index is 2530. The molecule has 0 saturated carbocycles. The monoisotopic (exact) mass is 950 g/mol. The minimum Gasteiger partial charge on any atom is -0.369 e. The minimum absolute atomic E-state index is 0.0136. The van der Waals surface area contributed by atoms with Crippen molar-refractivity contribution in [3.05, 3.63) is 95.3 Å². The highest BCUT2D eigenvalue weighted by molar-refractivity contribution is 5.92. The first-order valence-corrected chi connectivity index (χ1v) is 23.4. The van der Waals surface area contributed by atoms with Crippen LogP contribution in [0.3, 0.4) is 0 Å². The zero-order valence-corrected chi connectivity index (χ0v) is 41.7. The average molecular weight is 950 g/mol. The summed E-state index contributed by atoms with van der Waals surface area (Å²) in [5, 5.41) is 39.4. The van der Waals surface area contributed by atoms with Crippen LogP contribution in [0.4, 0.5) is 34.9 Å². The smallest absolute Gasteiger partial charge is 0.246 e. The second-order valence-electron chi connectivity index (χ2n) is 16.1. The third kappa shape index (κ3) is 20.9. The number of aromatic nitrogens is 4. The van der Waals surface area contributed by atoms with E-state index in [0.29, 0.717) is 79.1 Å². The van der Waals surface area contributed by atoms with E-state index in [4.69, 9.17) is 10.5 Å². The van der Waals surface area contributed by atoms with Gasteiger partial charge >= 0.3 is 0 Å². The summed E-state index contributed by atoms with van der Waals surface area (Å²) in [6.45, 7) is 10.9. The fraction of sp³-hybridized carbons (Fsp3) is 0.404. The van der Waals surface area contributed by atoms with Gasteiger partial charge in [0.2, 0.25) is 29.6 Å². The van der Waals surface area contributed by atoms with Crippen LogP contribution in [0.5, 0.6) is 0 Å². The maximum atomic E-state index is 12.4. The van der Waals surface area contributed by atoms with Gasteiger partial charge in [0, 0.05) is 70.1 Å². The number of unbranched alkanes of at least 4 members (excludes halogenated alkanes) is 2. The van der Waals surface area contributed by atoms with Crippen molar-refractivity contribution in [2.75, 3.05) is 82.2 Å². The zero-order valence-electron chi connectivity index (χ0n) is 41.7. The van der Waals surface area contributed by atoms with Gasteiger partial charge in [0.15, 0.2) is 0 Å². The first-order chi connectivity index (χ1) is 33.8. The molecule has 0 aliphatic rings. The van der Waals surface area contributed by atoms with E-state index in [1.54, 1.807) is 75.9 Å². The normalized spacial score (nSPS) is 11.1. The molecule has 2 atom stereocenters. The van der Waals surface area contributed by atoms with Crippen LogP contribution >= 0.6 is 0 Å². The molecule has 3 amide bonds. The summed E-state index contributed by atoms with van der Waals surface area (Å²) < 4.78 is 0. The van der Waals surface area contributed by atoms with Crippen LogP contribution in [0, 0.1) is 46.3 Å². The Balaban J connectivity index is 0.000000380. The van der Waals surface area contributed by atoms with Crippen LogP contribution in [0.15, 0.2) is 73.1 Å². The van der Waals surface area contributed by atoms with Crippen LogP contribution in [0.1, 0.15) is 88.5 Å². The lowest BCUT2D eigenvalue weighted by molar-refractivity contribution is -0.135. The lowest BCUT2D eigenvalue weighted by Crippen LogP contribution is -2.45. The highest BCUT2D eigenvalue weighted by atomic mass is 16.2. The lowest BCUT2D eigenvalue weighted by Gasteiger charge is -2.23. The van der Waals surface area contributed by atoms with Crippen LogP contribution in [0.2, 0.25) is 0 Å². The molecular formula is C52H67N15O3. The van der Waals surface area contributed by atoms with Crippen LogP contribution in [-0.4, -0.2) is 120 Å². The van der Waals surface area contributed by atoms with E-state index in [-0.39, 0.29) is 23.8 Å². The van der Waals surface area contributed by atoms with Gasteiger partial charge in [0.1, 0.15) is 17.7 Å². The quantitative estimate of drug-likeness (QED) is 0.0260. The van der Waals surface area contributed by atoms with Crippen molar-refractivity contribution < 1.29 is 14.4 Å². The second-order valence-corrected chi connectivity index (χ2v) is 16.1. The van der Waals surface area contributed by atoms with Gasteiger partial charge in [-0.15, -0.1) is 0 Å². The Morgan fingerprint density at radius 2 is 1.14 bits per heavy atom. The molecule has 0 spiro atoms. The predicted octanol–water partition coefficient (Wildman–Crippen LogP) is 5.90. The highest BCUT2D eigenvalue weighted by Crippen LogP contribution is 2.19. The molecule has 0 unspecified atom stereocenters. The SMILES string of the molecule is CCCNc1nc(Nc2ccc(C#N)cc2)ncc1C#CCCCNC(=O)[C@@H](C)N(C)C(=O)/C=C/CN(C)C.CCCNc1nc(Nc2ccc(C#N)cc2)ncc1C#CCCCNC(=O)[C@@H](C)NC. The van der Waals surface area contributed by atoms with Gasteiger partial charge in [-0.25, -0.2) is 9.97 Å². The molecule has 7 N–H and O–H groups in total. The summed E-state index contributed by atoms with van der Waals surface area (Å²) in [4.78, 5) is 57.6. The van der Waals surface area contributed by atoms with Gasteiger partial charge in [-0.2, -0.15) is 20.5 Å². The molecule has 0 aliphatic heterocycles. The van der Waals surface area contributed by atoms with Gasteiger partial charge in [-0.1, -0.05) is 43.6 Å². The molecule has 0 aliphatic carbocycles. The van der Waals surface area contributed by atoms with Crippen molar-refractivity contribution in [2.45, 2.75) is 78.3 Å². The van der Waals surface area contributed by atoms with Crippen molar-refractivity contribution in [2.24, 2.45) is 0 Å². The molecule has 18 heteroatoms. The number of anilines is 6. The molecule has 0 saturated heterocycles. The van der Waals surface area contributed by atoms with E-state index < -0.39 is 6.04 Å². The largest absolute Gasteiger partial charge is 0.369 e. The maximum absolute atomic E-state index is 12.4. The molecule has 2 heterocycles. The van der Waals surface area contributed by atoms with Crippen LogP contribution in [-0.2, 0) is 14.4 Å². The summed E-state index contributed by atoms with van der Waals surface area (Å²) in [5.74, 6) is 14.3. The molecule has 0 radical (unpaired) electrons. The van der Waals surface area contributed by atoms with Crippen molar-refractivity contribution in [3.8, 4) is 35.8 Å². The molecule has 0 bridgehead atoms. The molecule has 2 aromatic carbocycles. The lowest BCUT2D eigenvalue weighted by atomic mass is 10.2. The second kappa shape index (κ2) is 31.9. The fourth-order valence-corrected chi connectivity index (χ4v) is 5.71. The number of rotatable bonds is 23. The number of nitrogens with one attached hydrogen (secondary N) is 7. The number of nitriles is 2. The summed E-state index contributed by atoms with van der Waals surface area (Å²) in [5.41, 5.74) is 4.17. The van der Waals surface area contributed by atoms with Gasteiger partial charge in [-0.3, -0.25) is 14.4 Å². The first kappa shape index (κ1) is 56.3. The molecular weight excluding hydrogens is 883 g/mol. The molecule has 0 fully saturated rings. The topological polar surface area (TPSA) is 241 Å².